The van der Waals surface area contributed by atoms with Crippen molar-refractivity contribution in [1.29, 1.82) is 0 Å². The van der Waals surface area contributed by atoms with Crippen molar-refractivity contribution < 1.29 is 14.6 Å². The summed E-state index contributed by atoms with van der Waals surface area (Å²) in [6.07, 6.45) is 1.19. The molecule has 1 heterocycles. The van der Waals surface area contributed by atoms with Gasteiger partial charge in [0.15, 0.2) is 0 Å². The first-order valence-corrected chi connectivity index (χ1v) is 7.22. The van der Waals surface area contributed by atoms with Gasteiger partial charge in [0.25, 0.3) is 5.91 Å². The summed E-state index contributed by atoms with van der Waals surface area (Å²) in [4.78, 5) is 12.3. The number of amides is 1. The Labute approximate surface area is 125 Å². The van der Waals surface area contributed by atoms with Gasteiger partial charge in [-0.25, -0.2) is 0 Å². The first kappa shape index (κ1) is 15.6. The van der Waals surface area contributed by atoms with Crippen LogP contribution in [0.3, 0.4) is 0 Å². The quantitative estimate of drug-likeness (QED) is 0.828. The van der Waals surface area contributed by atoms with E-state index in [4.69, 9.17) is 9.84 Å². The van der Waals surface area contributed by atoms with Crippen molar-refractivity contribution in [2.75, 3.05) is 19.8 Å². The number of aliphatic hydroxyl groups is 1. The van der Waals surface area contributed by atoms with Crippen molar-refractivity contribution in [2.45, 2.75) is 26.4 Å². The Morgan fingerprint density at radius 3 is 3.00 bits per heavy atom. The lowest BCUT2D eigenvalue weighted by Gasteiger charge is -2.15. The van der Waals surface area contributed by atoms with Crippen molar-refractivity contribution in [3.63, 3.8) is 0 Å². The molecule has 2 N–H and O–H groups in total. The fraction of sp³-hybridized carbons (Fsp3) is 0.471. The molecule has 0 aromatic heterocycles. The SMILES string of the molecule is Cc1c(C#CCO)cccc1C(=O)NCC1CCOC1C. The lowest BCUT2D eigenvalue weighted by Crippen LogP contribution is -2.32. The Hall–Kier alpha value is -1.83. The van der Waals surface area contributed by atoms with Gasteiger partial charge in [-0.1, -0.05) is 17.9 Å². The van der Waals surface area contributed by atoms with Crippen LogP contribution in [0.15, 0.2) is 18.2 Å². The maximum atomic E-state index is 12.3. The number of hydrogen-bond donors (Lipinski definition) is 2. The van der Waals surface area contributed by atoms with E-state index in [0.29, 0.717) is 18.0 Å². The maximum absolute atomic E-state index is 12.3. The molecule has 2 atom stereocenters. The molecule has 2 rings (SSSR count). The summed E-state index contributed by atoms with van der Waals surface area (Å²) >= 11 is 0. The summed E-state index contributed by atoms with van der Waals surface area (Å²) in [6.45, 7) is 5.13. The Bertz CT molecular complexity index is 571. The highest BCUT2D eigenvalue weighted by atomic mass is 16.5. The molecule has 0 radical (unpaired) electrons. The molecule has 0 bridgehead atoms. The van der Waals surface area contributed by atoms with E-state index >= 15 is 0 Å². The van der Waals surface area contributed by atoms with Crippen molar-refractivity contribution >= 4 is 5.91 Å². The molecule has 0 saturated carbocycles. The van der Waals surface area contributed by atoms with E-state index in [-0.39, 0.29) is 18.6 Å². The average Bonchev–Trinajstić information content (AvgIpc) is 2.89. The van der Waals surface area contributed by atoms with Crippen LogP contribution in [0.1, 0.15) is 34.8 Å². The predicted octanol–water partition coefficient (Wildman–Crippen LogP) is 1.49. The van der Waals surface area contributed by atoms with Crippen molar-refractivity contribution in [3.8, 4) is 11.8 Å². The van der Waals surface area contributed by atoms with Gasteiger partial charge in [0.1, 0.15) is 6.61 Å². The van der Waals surface area contributed by atoms with Crippen LogP contribution >= 0.6 is 0 Å². The summed E-state index contributed by atoms with van der Waals surface area (Å²) in [5.41, 5.74) is 2.24. The van der Waals surface area contributed by atoms with Crippen LogP contribution < -0.4 is 5.32 Å². The highest BCUT2D eigenvalue weighted by Crippen LogP contribution is 2.20. The lowest BCUT2D eigenvalue weighted by atomic mass is 10.0. The second kappa shape index (κ2) is 7.26. The highest BCUT2D eigenvalue weighted by Gasteiger charge is 2.24. The molecule has 21 heavy (non-hydrogen) atoms. The molecule has 112 valence electrons. The Morgan fingerprint density at radius 2 is 2.33 bits per heavy atom. The molecule has 1 aromatic carbocycles. The molecular formula is C17H21NO3. The van der Waals surface area contributed by atoms with Crippen LogP contribution in [0.4, 0.5) is 0 Å². The van der Waals surface area contributed by atoms with Gasteiger partial charge in [-0.05, 0) is 38.0 Å². The number of carbonyl (C=O) groups excluding carboxylic acids is 1. The third-order valence-electron chi connectivity index (χ3n) is 3.94. The van der Waals surface area contributed by atoms with E-state index in [9.17, 15) is 4.79 Å². The molecule has 1 aliphatic rings. The number of ether oxygens (including phenoxy) is 1. The van der Waals surface area contributed by atoms with E-state index in [2.05, 4.69) is 17.2 Å². The van der Waals surface area contributed by atoms with Gasteiger partial charge >= 0.3 is 0 Å². The molecule has 0 spiro atoms. The summed E-state index contributed by atoms with van der Waals surface area (Å²) in [5.74, 6) is 5.77. The minimum Gasteiger partial charge on any atom is -0.384 e. The third kappa shape index (κ3) is 3.84. The topological polar surface area (TPSA) is 58.6 Å². The first-order chi connectivity index (χ1) is 10.1. The maximum Gasteiger partial charge on any atom is 0.251 e. The first-order valence-electron chi connectivity index (χ1n) is 7.22. The van der Waals surface area contributed by atoms with E-state index < -0.39 is 0 Å². The van der Waals surface area contributed by atoms with Crippen LogP contribution in [0.2, 0.25) is 0 Å². The monoisotopic (exact) mass is 287 g/mol. The molecule has 4 nitrogen and oxygen atoms in total. The fourth-order valence-corrected chi connectivity index (χ4v) is 2.51. The molecule has 1 aromatic rings. The predicted molar refractivity (Wildman–Crippen MR) is 81.0 cm³/mol. The van der Waals surface area contributed by atoms with Gasteiger partial charge in [0.2, 0.25) is 0 Å². The number of carbonyl (C=O) groups is 1. The van der Waals surface area contributed by atoms with Crippen LogP contribution in [-0.4, -0.2) is 36.9 Å². The standard InChI is InChI=1S/C17H21NO3/c1-12-14(6-4-9-19)5-3-7-16(12)17(20)18-11-15-8-10-21-13(15)2/h3,5,7,13,15,19H,8-11H2,1-2H3,(H,18,20). The number of benzene rings is 1. The van der Waals surface area contributed by atoms with Crippen LogP contribution in [-0.2, 0) is 4.74 Å². The molecule has 1 saturated heterocycles. The van der Waals surface area contributed by atoms with Gasteiger partial charge in [-0.3, -0.25) is 4.79 Å². The van der Waals surface area contributed by atoms with Crippen LogP contribution in [0, 0.1) is 24.7 Å². The van der Waals surface area contributed by atoms with Crippen LogP contribution in [0.5, 0.6) is 0 Å². The number of nitrogens with one attached hydrogen (secondary N) is 1. The summed E-state index contributed by atoms with van der Waals surface area (Å²) < 4.78 is 5.50. The van der Waals surface area contributed by atoms with E-state index in [1.165, 1.54) is 0 Å². The molecule has 0 aliphatic carbocycles. The zero-order valence-corrected chi connectivity index (χ0v) is 12.5. The number of aliphatic hydroxyl groups excluding tert-OH is 1. The second-order valence-electron chi connectivity index (χ2n) is 5.27. The molecule has 1 amide bonds. The molecule has 1 aliphatic heterocycles. The van der Waals surface area contributed by atoms with Crippen molar-refractivity contribution in [2.24, 2.45) is 5.92 Å². The van der Waals surface area contributed by atoms with Gasteiger partial charge in [0.05, 0.1) is 6.10 Å². The lowest BCUT2D eigenvalue weighted by molar-refractivity contribution is 0.0907. The number of hydrogen-bond acceptors (Lipinski definition) is 3. The van der Waals surface area contributed by atoms with Crippen LogP contribution in [0.25, 0.3) is 0 Å². The molecule has 1 fully saturated rings. The summed E-state index contributed by atoms with van der Waals surface area (Å²) in [5, 5.41) is 11.7. The minimum atomic E-state index is -0.185. The third-order valence-corrected chi connectivity index (χ3v) is 3.94. The second-order valence-corrected chi connectivity index (χ2v) is 5.27. The summed E-state index contributed by atoms with van der Waals surface area (Å²) in [6, 6.07) is 5.45. The Morgan fingerprint density at radius 1 is 1.52 bits per heavy atom. The van der Waals surface area contributed by atoms with E-state index in [1.54, 1.807) is 6.07 Å². The zero-order valence-electron chi connectivity index (χ0n) is 12.5. The zero-order chi connectivity index (χ0) is 15.2. The number of rotatable bonds is 3. The molecule has 2 unspecified atom stereocenters. The van der Waals surface area contributed by atoms with Gasteiger partial charge in [0, 0.05) is 30.2 Å². The van der Waals surface area contributed by atoms with Crippen molar-refractivity contribution in [3.05, 3.63) is 34.9 Å². The normalized spacial score (nSPS) is 20.7. The largest absolute Gasteiger partial charge is 0.384 e. The Balaban J connectivity index is 2.05. The van der Waals surface area contributed by atoms with Gasteiger partial charge < -0.3 is 15.2 Å². The Kier molecular flexibility index (Phi) is 5.38. The molecule has 4 heteroatoms. The fourth-order valence-electron chi connectivity index (χ4n) is 2.51. The smallest absolute Gasteiger partial charge is 0.251 e. The van der Waals surface area contributed by atoms with E-state index in [1.807, 2.05) is 26.0 Å². The highest BCUT2D eigenvalue weighted by molar-refractivity contribution is 5.96. The van der Waals surface area contributed by atoms with Crippen molar-refractivity contribution in [1.82, 2.24) is 5.32 Å². The van der Waals surface area contributed by atoms with E-state index in [0.717, 1.165) is 24.2 Å². The molecular weight excluding hydrogens is 266 g/mol. The minimum absolute atomic E-state index is 0.0840. The summed E-state index contributed by atoms with van der Waals surface area (Å²) in [7, 11) is 0. The van der Waals surface area contributed by atoms with Gasteiger partial charge in [-0.2, -0.15) is 0 Å². The van der Waals surface area contributed by atoms with Gasteiger partial charge in [-0.15, -0.1) is 0 Å². The average molecular weight is 287 g/mol.